The molecule has 0 unspecified atom stereocenters. The van der Waals surface area contributed by atoms with Crippen molar-refractivity contribution in [2.24, 2.45) is 0 Å². The number of carbonyl (C=O) groups is 2. The number of carboxylic acid groups (broad SMARTS) is 1. The highest BCUT2D eigenvalue weighted by Gasteiger charge is 2.27. The fraction of sp³-hybridized carbons (Fsp3) is 0. The number of carbonyl (C=O) groups excluding carboxylic acids is 1. The van der Waals surface area contributed by atoms with Crippen LogP contribution in [-0.4, -0.2) is 56.0 Å². The van der Waals surface area contributed by atoms with Crippen molar-refractivity contribution in [3.63, 3.8) is 0 Å². The lowest BCUT2D eigenvalue weighted by atomic mass is 10.1. The van der Waals surface area contributed by atoms with E-state index in [9.17, 15) is 43.9 Å². The molecule has 2 aromatic carbocycles. The highest BCUT2D eigenvalue weighted by Crippen LogP contribution is 2.35. The Kier molecular flexibility index (Phi) is 5.23. The molecular weight excluding hydrogens is 448 g/mol. The van der Waals surface area contributed by atoms with Crippen molar-refractivity contribution in [2.75, 3.05) is 0 Å². The van der Waals surface area contributed by atoms with Gasteiger partial charge in [0, 0.05) is 5.39 Å². The Bertz CT molecular complexity index is 1330. The molecule has 0 radical (unpaired) electrons. The molecule has 0 saturated carbocycles. The maximum absolute atomic E-state index is 11.6. The number of aliphatic carboxylic acids is 1. The van der Waals surface area contributed by atoms with Crippen LogP contribution in [0.1, 0.15) is 0 Å². The molecule has 16 heteroatoms. The van der Waals surface area contributed by atoms with Gasteiger partial charge in [-0.05, 0) is 29.7 Å². The summed E-state index contributed by atoms with van der Waals surface area (Å²) in [5.74, 6) is -5.27. The average molecular weight is 456 g/mol. The van der Waals surface area contributed by atoms with Crippen LogP contribution >= 0.6 is 0 Å². The van der Waals surface area contributed by atoms with E-state index < -0.39 is 73.5 Å². The third kappa shape index (κ3) is 4.43. The summed E-state index contributed by atoms with van der Waals surface area (Å²) in [6, 6.07) is 1.83. The Hall–Kier alpha value is -2.63. The third-order valence-electron chi connectivity index (χ3n) is 3.18. The van der Waals surface area contributed by atoms with E-state index in [1.165, 1.54) is 0 Å². The smallest absolute Gasteiger partial charge is 0.422 e. The van der Waals surface area contributed by atoms with Gasteiger partial charge in [0.2, 0.25) is 0 Å². The van der Waals surface area contributed by atoms with Crippen molar-refractivity contribution in [2.45, 2.75) is 14.7 Å². The van der Waals surface area contributed by atoms with Crippen LogP contribution < -0.4 is 4.74 Å². The topological polar surface area (TPSA) is 227 Å². The van der Waals surface area contributed by atoms with Crippen molar-refractivity contribution >= 4 is 53.1 Å². The predicted molar refractivity (Wildman–Crippen MR) is 86.7 cm³/mol. The van der Waals surface area contributed by atoms with Crippen LogP contribution in [-0.2, 0) is 39.9 Å². The van der Waals surface area contributed by atoms with Gasteiger partial charge in [0.1, 0.15) is 9.79 Å². The Morgan fingerprint density at radius 2 is 1.29 bits per heavy atom. The van der Waals surface area contributed by atoms with Crippen molar-refractivity contribution in [1.82, 2.24) is 0 Å². The molecule has 0 amide bonds. The zero-order valence-corrected chi connectivity index (χ0v) is 15.4. The van der Waals surface area contributed by atoms with Gasteiger partial charge in [-0.2, -0.15) is 25.3 Å². The molecule has 0 atom stereocenters. The lowest BCUT2D eigenvalue weighted by Crippen LogP contribution is -2.20. The summed E-state index contributed by atoms with van der Waals surface area (Å²) in [6.07, 6.45) is 0. The molecule has 0 heterocycles. The first-order valence-electron chi connectivity index (χ1n) is 6.51. The fourth-order valence-electron chi connectivity index (χ4n) is 2.10. The maximum atomic E-state index is 11.6. The van der Waals surface area contributed by atoms with E-state index in [2.05, 4.69) is 4.74 Å². The van der Waals surface area contributed by atoms with Gasteiger partial charge in [-0.25, -0.2) is 9.59 Å². The number of ether oxygens (including phenoxy) is 1. The number of rotatable bonds is 4. The molecule has 152 valence electrons. The summed E-state index contributed by atoms with van der Waals surface area (Å²) in [5.41, 5.74) is 0. The molecule has 13 nitrogen and oxygen atoms in total. The predicted octanol–water partition coefficient (Wildman–Crippen LogP) is -0.430. The average Bonchev–Trinajstić information content (AvgIpc) is 2.50. The standard InChI is InChI=1S/C12H8O13S3/c13-11(14)12(15)25-8-4-7-5(2-10(8)28(22,23)24)1-6(26(16,17)18)3-9(7)27(19,20)21/h1-4H,(H,13,14)(H,16,17,18)(H,19,20,21)(H,22,23,24). The lowest BCUT2D eigenvalue weighted by Gasteiger charge is -2.12. The fourth-order valence-corrected chi connectivity index (χ4v) is 4.08. The molecule has 2 aromatic rings. The zero-order valence-electron chi connectivity index (χ0n) is 13.0. The Balaban J connectivity index is 3.04. The van der Waals surface area contributed by atoms with E-state index in [-0.39, 0.29) is 0 Å². The molecule has 0 fully saturated rings. The second kappa shape index (κ2) is 6.76. The van der Waals surface area contributed by atoms with Gasteiger partial charge in [0.05, 0.1) is 4.90 Å². The van der Waals surface area contributed by atoms with E-state index >= 15 is 0 Å². The van der Waals surface area contributed by atoms with E-state index in [4.69, 9.17) is 9.66 Å². The number of carboxylic acids is 1. The monoisotopic (exact) mass is 456 g/mol. The number of fused-ring (bicyclic) bond motifs is 1. The second-order valence-corrected chi connectivity index (χ2v) is 9.26. The maximum Gasteiger partial charge on any atom is 0.422 e. The van der Waals surface area contributed by atoms with Gasteiger partial charge in [-0.15, -0.1) is 0 Å². The first-order valence-corrected chi connectivity index (χ1v) is 10.8. The quantitative estimate of drug-likeness (QED) is 0.198. The van der Waals surface area contributed by atoms with Crippen molar-refractivity contribution in [1.29, 1.82) is 0 Å². The second-order valence-electron chi connectivity index (χ2n) is 5.06. The molecule has 0 aromatic heterocycles. The van der Waals surface area contributed by atoms with Crippen LogP contribution in [0.4, 0.5) is 0 Å². The van der Waals surface area contributed by atoms with Gasteiger partial charge < -0.3 is 9.84 Å². The summed E-state index contributed by atoms with van der Waals surface area (Å²) in [4.78, 5) is 18.4. The van der Waals surface area contributed by atoms with E-state index in [0.29, 0.717) is 24.3 Å². The molecule has 0 saturated heterocycles. The van der Waals surface area contributed by atoms with Crippen LogP contribution in [0.5, 0.6) is 5.75 Å². The third-order valence-corrected chi connectivity index (χ3v) is 5.78. The van der Waals surface area contributed by atoms with E-state index in [1.54, 1.807) is 0 Å². The van der Waals surface area contributed by atoms with Gasteiger partial charge >= 0.3 is 11.9 Å². The van der Waals surface area contributed by atoms with Crippen LogP contribution in [0, 0.1) is 0 Å². The minimum Gasteiger partial charge on any atom is -0.473 e. The number of hydrogen-bond donors (Lipinski definition) is 4. The summed E-state index contributed by atoms with van der Waals surface area (Å²) < 4.78 is 101. The van der Waals surface area contributed by atoms with Gasteiger partial charge in [0.25, 0.3) is 30.4 Å². The summed E-state index contributed by atoms with van der Waals surface area (Å²) in [5, 5.41) is 7.38. The molecule has 2 rings (SSSR count). The van der Waals surface area contributed by atoms with Crippen molar-refractivity contribution in [3.05, 3.63) is 24.3 Å². The zero-order chi connectivity index (χ0) is 21.7. The minimum absolute atomic E-state index is 0.322. The van der Waals surface area contributed by atoms with Crippen LogP contribution in [0.2, 0.25) is 0 Å². The first kappa shape index (κ1) is 21.7. The summed E-state index contributed by atoms with van der Waals surface area (Å²) >= 11 is 0. The van der Waals surface area contributed by atoms with E-state index in [0.717, 1.165) is 0 Å². The Morgan fingerprint density at radius 1 is 0.750 bits per heavy atom. The Labute approximate surface area is 156 Å². The van der Waals surface area contributed by atoms with E-state index in [1.807, 2.05) is 0 Å². The largest absolute Gasteiger partial charge is 0.473 e. The molecule has 0 bridgehead atoms. The lowest BCUT2D eigenvalue weighted by molar-refractivity contribution is -0.158. The Morgan fingerprint density at radius 3 is 1.71 bits per heavy atom. The minimum atomic E-state index is -5.19. The first-order chi connectivity index (χ1) is 12.5. The van der Waals surface area contributed by atoms with Gasteiger partial charge in [-0.1, -0.05) is 0 Å². The van der Waals surface area contributed by atoms with Crippen LogP contribution in [0.25, 0.3) is 10.8 Å². The molecular formula is C12H8O13S3. The summed E-state index contributed by atoms with van der Waals surface area (Å²) in [6.45, 7) is 0. The highest BCUT2D eigenvalue weighted by atomic mass is 32.2. The van der Waals surface area contributed by atoms with Gasteiger partial charge in [-0.3, -0.25) is 13.7 Å². The van der Waals surface area contributed by atoms with Crippen molar-refractivity contribution < 1.29 is 58.3 Å². The molecule has 0 aliphatic rings. The number of benzene rings is 2. The molecule has 0 aliphatic carbocycles. The van der Waals surface area contributed by atoms with Crippen LogP contribution in [0.3, 0.4) is 0 Å². The number of hydrogen-bond acceptors (Lipinski definition) is 9. The normalized spacial score (nSPS) is 12.7. The SMILES string of the molecule is O=C(O)C(=O)Oc1cc2c(S(=O)(=O)O)cc(S(=O)(=O)O)cc2cc1S(=O)(=O)O. The molecule has 0 spiro atoms. The van der Waals surface area contributed by atoms with Crippen molar-refractivity contribution in [3.8, 4) is 5.75 Å². The molecule has 28 heavy (non-hydrogen) atoms. The highest BCUT2D eigenvalue weighted by molar-refractivity contribution is 7.87. The summed E-state index contributed by atoms with van der Waals surface area (Å²) in [7, 11) is -15.4. The molecule has 4 N–H and O–H groups in total. The molecule has 0 aliphatic heterocycles. The van der Waals surface area contributed by atoms with Gasteiger partial charge in [0.15, 0.2) is 5.75 Å². The number of esters is 1. The van der Waals surface area contributed by atoms with Crippen LogP contribution in [0.15, 0.2) is 39.0 Å².